The maximum atomic E-state index is 11.8. The number of pyridine rings is 1. The molecule has 0 bridgehead atoms. The molecule has 0 unspecified atom stereocenters. The summed E-state index contributed by atoms with van der Waals surface area (Å²) in [5.74, 6) is -1.26. The topological polar surface area (TPSA) is 105 Å². The van der Waals surface area contributed by atoms with Crippen LogP contribution in [0.1, 0.15) is 5.69 Å². The van der Waals surface area contributed by atoms with Crippen molar-refractivity contribution >= 4 is 5.69 Å². The molecule has 0 aliphatic heterocycles. The van der Waals surface area contributed by atoms with Gasteiger partial charge in [0.1, 0.15) is 5.69 Å². The zero-order valence-electron chi connectivity index (χ0n) is 7.95. The number of nitrogens with zero attached hydrogens (tertiary/aromatic N) is 1. The summed E-state index contributed by atoms with van der Waals surface area (Å²) in [6, 6.07) is 0. The molecule has 0 aliphatic rings. The Balaban J connectivity index is 3.34. The van der Waals surface area contributed by atoms with Crippen molar-refractivity contribution in [3.8, 4) is 5.75 Å². The first-order valence-electron chi connectivity index (χ1n) is 4.02. The van der Waals surface area contributed by atoms with Crippen LogP contribution in [-0.4, -0.2) is 21.4 Å². The Kier molecular flexibility index (Phi) is 3.36. The zero-order valence-corrected chi connectivity index (χ0v) is 7.95. The smallest absolute Gasteiger partial charge is 0.400 e. The monoisotopic (exact) mass is 254 g/mol. The molecule has 0 saturated carbocycles. The Bertz CT molecular complexity index is 495. The number of aliphatic hydroxyl groups is 1. The number of aromatic amines is 1. The summed E-state index contributed by atoms with van der Waals surface area (Å²) in [5.41, 5.74) is -3.25. The number of nitro groups is 1. The van der Waals surface area contributed by atoms with E-state index in [0.717, 1.165) is 0 Å². The number of H-pyrrole nitrogens is 1. The van der Waals surface area contributed by atoms with E-state index < -0.39 is 40.5 Å². The fourth-order valence-electron chi connectivity index (χ4n) is 1.05. The molecule has 0 fully saturated rings. The molecule has 0 spiro atoms. The highest BCUT2D eigenvalue weighted by Crippen LogP contribution is 2.22. The molecule has 10 heteroatoms. The lowest BCUT2D eigenvalue weighted by atomic mass is 10.3. The molecule has 0 radical (unpaired) electrons. The fourth-order valence-corrected chi connectivity index (χ4v) is 1.05. The predicted octanol–water partition coefficient (Wildman–Crippen LogP) is 0.674. The van der Waals surface area contributed by atoms with Crippen LogP contribution in [0.5, 0.6) is 5.75 Å². The van der Waals surface area contributed by atoms with E-state index in [0.29, 0.717) is 6.20 Å². The summed E-state index contributed by atoms with van der Waals surface area (Å²) in [7, 11) is 0. The second kappa shape index (κ2) is 4.41. The van der Waals surface area contributed by atoms with Crippen molar-refractivity contribution in [2.45, 2.75) is 13.0 Å². The van der Waals surface area contributed by atoms with Crippen LogP contribution < -0.4 is 10.2 Å². The number of ether oxygens (including phenoxy) is 1. The number of hydrogen-bond acceptors (Lipinski definition) is 5. The Labute approximate surface area is 90.6 Å². The van der Waals surface area contributed by atoms with Crippen molar-refractivity contribution in [3.63, 3.8) is 0 Å². The molecule has 1 aromatic rings. The summed E-state index contributed by atoms with van der Waals surface area (Å²) in [6.45, 7) is -0.891. The summed E-state index contributed by atoms with van der Waals surface area (Å²) in [5, 5.41) is 19.1. The lowest BCUT2D eigenvalue weighted by Crippen LogP contribution is -2.23. The van der Waals surface area contributed by atoms with Crippen LogP contribution in [0, 0.1) is 10.1 Å². The van der Waals surface area contributed by atoms with E-state index in [1.54, 1.807) is 0 Å². The predicted molar refractivity (Wildman–Crippen MR) is 46.3 cm³/mol. The van der Waals surface area contributed by atoms with E-state index in [9.17, 15) is 28.1 Å². The number of rotatable bonds is 3. The number of aromatic nitrogens is 1. The van der Waals surface area contributed by atoms with Gasteiger partial charge >= 0.3 is 17.5 Å². The van der Waals surface area contributed by atoms with Crippen molar-refractivity contribution in [2.75, 3.05) is 0 Å². The van der Waals surface area contributed by atoms with Crippen LogP contribution in [0.2, 0.25) is 0 Å². The highest BCUT2D eigenvalue weighted by Gasteiger charge is 2.34. The van der Waals surface area contributed by atoms with Crippen LogP contribution >= 0.6 is 0 Å². The average molecular weight is 254 g/mol. The number of alkyl halides is 3. The second-order valence-corrected chi connectivity index (χ2v) is 2.77. The molecule has 0 amide bonds. The van der Waals surface area contributed by atoms with E-state index in [4.69, 9.17) is 5.11 Å². The van der Waals surface area contributed by atoms with E-state index in [-0.39, 0.29) is 0 Å². The summed E-state index contributed by atoms with van der Waals surface area (Å²) in [6.07, 6.45) is -4.64. The Morgan fingerprint density at radius 1 is 1.53 bits per heavy atom. The first-order valence-corrected chi connectivity index (χ1v) is 4.02. The van der Waals surface area contributed by atoms with Gasteiger partial charge in [-0.25, -0.2) is 0 Å². The maximum absolute atomic E-state index is 11.8. The van der Waals surface area contributed by atoms with E-state index >= 15 is 0 Å². The van der Waals surface area contributed by atoms with Gasteiger partial charge in [-0.1, -0.05) is 0 Å². The molecular weight excluding hydrogens is 249 g/mol. The molecule has 0 aliphatic carbocycles. The quantitative estimate of drug-likeness (QED) is 0.609. The normalized spacial score (nSPS) is 11.3. The van der Waals surface area contributed by atoms with Crippen LogP contribution in [0.25, 0.3) is 0 Å². The van der Waals surface area contributed by atoms with Crippen LogP contribution in [0.4, 0.5) is 18.9 Å². The van der Waals surface area contributed by atoms with Gasteiger partial charge < -0.3 is 14.8 Å². The van der Waals surface area contributed by atoms with Crippen LogP contribution in [0.3, 0.4) is 0 Å². The third-order valence-electron chi connectivity index (χ3n) is 1.67. The number of aliphatic hydroxyl groups excluding tert-OH is 1. The highest BCUT2D eigenvalue weighted by molar-refractivity contribution is 5.40. The van der Waals surface area contributed by atoms with Gasteiger partial charge in [-0.3, -0.25) is 14.9 Å². The molecule has 94 valence electrons. The van der Waals surface area contributed by atoms with Gasteiger partial charge in [-0.2, -0.15) is 0 Å². The van der Waals surface area contributed by atoms with Crippen LogP contribution in [-0.2, 0) is 6.61 Å². The van der Waals surface area contributed by atoms with Gasteiger partial charge in [-0.05, 0) is 0 Å². The van der Waals surface area contributed by atoms with Gasteiger partial charge in [0, 0.05) is 6.20 Å². The van der Waals surface area contributed by atoms with Gasteiger partial charge in [0.2, 0.25) is 0 Å². The highest BCUT2D eigenvalue weighted by atomic mass is 19.4. The molecule has 1 heterocycles. The molecule has 17 heavy (non-hydrogen) atoms. The molecule has 0 atom stereocenters. The standard InChI is InChI=1S/C7H5F3N2O5/c8-7(9,10)17-4-1-11-3(2-13)5(6(4)14)12(15)16/h1,13H,2H2,(H,11,14). The zero-order chi connectivity index (χ0) is 13.2. The molecular formula is C7H5F3N2O5. The van der Waals surface area contributed by atoms with Gasteiger partial charge in [-0.15, -0.1) is 13.2 Å². The van der Waals surface area contributed by atoms with Gasteiger partial charge in [0.05, 0.1) is 11.5 Å². The van der Waals surface area contributed by atoms with Gasteiger partial charge in [0.25, 0.3) is 0 Å². The molecule has 0 saturated heterocycles. The fraction of sp³-hybridized carbons (Fsp3) is 0.286. The number of halogens is 3. The van der Waals surface area contributed by atoms with E-state index in [1.807, 2.05) is 4.98 Å². The lowest BCUT2D eigenvalue weighted by molar-refractivity contribution is -0.387. The third-order valence-corrected chi connectivity index (χ3v) is 1.67. The van der Waals surface area contributed by atoms with Crippen molar-refractivity contribution in [1.82, 2.24) is 4.98 Å². The third kappa shape index (κ3) is 2.93. The average Bonchev–Trinajstić information content (AvgIpc) is 2.18. The minimum absolute atomic E-state index is 0.494. The second-order valence-electron chi connectivity index (χ2n) is 2.77. The summed E-state index contributed by atoms with van der Waals surface area (Å²) >= 11 is 0. The molecule has 7 nitrogen and oxygen atoms in total. The summed E-state index contributed by atoms with van der Waals surface area (Å²) in [4.78, 5) is 22.5. The minimum atomic E-state index is -5.14. The van der Waals surface area contributed by atoms with Crippen molar-refractivity contribution in [3.05, 3.63) is 32.2 Å². The number of hydrogen-bond donors (Lipinski definition) is 2. The summed E-state index contributed by atoms with van der Waals surface area (Å²) < 4.78 is 38.8. The Morgan fingerprint density at radius 3 is 2.53 bits per heavy atom. The maximum Gasteiger partial charge on any atom is 0.573 e. The minimum Gasteiger partial charge on any atom is -0.400 e. The molecule has 2 N–H and O–H groups in total. The van der Waals surface area contributed by atoms with E-state index in [2.05, 4.69) is 4.74 Å². The van der Waals surface area contributed by atoms with Crippen LogP contribution in [0.15, 0.2) is 11.0 Å². The SMILES string of the molecule is O=c1c(OC(F)(F)F)c[nH]c(CO)c1[N+](=O)[O-]. The first-order chi connectivity index (χ1) is 7.76. The molecule has 1 aromatic heterocycles. The number of nitrogens with one attached hydrogen (secondary N) is 1. The lowest BCUT2D eigenvalue weighted by Gasteiger charge is -2.08. The van der Waals surface area contributed by atoms with Gasteiger partial charge in [0.15, 0.2) is 5.75 Å². The largest absolute Gasteiger partial charge is 0.573 e. The molecule has 1 rings (SSSR count). The molecule has 0 aromatic carbocycles. The Morgan fingerprint density at radius 2 is 2.12 bits per heavy atom. The first kappa shape index (κ1) is 13.0. The Hall–Kier alpha value is -2.10. The van der Waals surface area contributed by atoms with Crippen molar-refractivity contribution in [2.24, 2.45) is 0 Å². The van der Waals surface area contributed by atoms with E-state index in [1.165, 1.54) is 0 Å². The van der Waals surface area contributed by atoms with Crippen molar-refractivity contribution < 1.29 is 27.9 Å². The van der Waals surface area contributed by atoms with Crippen molar-refractivity contribution in [1.29, 1.82) is 0 Å².